The molecular weight excluding hydrogens is 476 g/mol. The van der Waals surface area contributed by atoms with E-state index in [1.807, 2.05) is 20.8 Å². The number of aromatic nitrogens is 4. The summed E-state index contributed by atoms with van der Waals surface area (Å²) in [7, 11) is 0. The zero-order valence-electron chi connectivity index (χ0n) is 20.5. The summed E-state index contributed by atoms with van der Waals surface area (Å²) in [5.74, 6) is -0.798. The second-order valence-electron chi connectivity index (χ2n) is 8.25. The number of hydrogen-bond donors (Lipinski definition) is 1. The van der Waals surface area contributed by atoms with Crippen LogP contribution in [0.25, 0.3) is 11.3 Å². The van der Waals surface area contributed by atoms with Crippen molar-refractivity contribution >= 4 is 11.7 Å². The number of carbonyl (C=O) groups excluding carboxylic acids is 1. The summed E-state index contributed by atoms with van der Waals surface area (Å²) in [6.07, 6.45) is 1.19. The Morgan fingerprint density at radius 3 is 2.36 bits per heavy atom. The molecule has 192 valence electrons. The van der Waals surface area contributed by atoms with Gasteiger partial charge in [-0.3, -0.25) is 14.8 Å². The molecule has 0 saturated carbocycles. The van der Waals surface area contributed by atoms with Crippen LogP contribution in [0.15, 0.2) is 43.0 Å². The lowest BCUT2D eigenvalue weighted by atomic mass is 9.99. The first-order valence-corrected chi connectivity index (χ1v) is 11.6. The molecular formula is C25H28F4N6O. The summed E-state index contributed by atoms with van der Waals surface area (Å²) in [5.41, 5.74) is 0.0592. The van der Waals surface area contributed by atoms with Crippen LogP contribution < -0.4 is 5.32 Å². The number of rotatable bonds is 9. The van der Waals surface area contributed by atoms with Gasteiger partial charge in [0.1, 0.15) is 23.0 Å². The Balaban J connectivity index is 1.93. The first-order valence-electron chi connectivity index (χ1n) is 11.6. The van der Waals surface area contributed by atoms with Gasteiger partial charge in [-0.1, -0.05) is 13.8 Å². The smallest absolute Gasteiger partial charge is 0.364 e. The SMILES string of the molecule is CCC(Nc1cnc(C(F)(F)F)cn1)C(CC)N(CC)C(=O)c1ncc(C)cc1-c1ncccc1F. The van der Waals surface area contributed by atoms with Crippen molar-refractivity contribution in [1.29, 1.82) is 0 Å². The monoisotopic (exact) mass is 504 g/mol. The summed E-state index contributed by atoms with van der Waals surface area (Å²) in [6.45, 7) is 7.74. The molecule has 3 aromatic heterocycles. The molecule has 0 aliphatic carbocycles. The lowest BCUT2D eigenvalue weighted by Gasteiger charge is -2.36. The van der Waals surface area contributed by atoms with Crippen molar-refractivity contribution in [3.63, 3.8) is 0 Å². The van der Waals surface area contributed by atoms with E-state index in [0.29, 0.717) is 31.1 Å². The highest BCUT2D eigenvalue weighted by Crippen LogP contribution is 2.28. The molecule has 0 aliphatic rings. The third-order valence-electron chi connectivity index (χ3n) is 5.84. The second kappa shape index (κ2) is 11.4. The number of anilines is 1. The highest BCUT2D eigenvalue weighted by atomic mass is 19.4. The van der Waals surface area contributed by atoms with E-state index in [-0.39, 0.29) is 29.3 Å². The van der Waals surface area contributed by atoms with Gasteiger partial charge in [-0.25, -0.2) is 14.4 Å². The van der Waals surface area contributed by atoms with Crippen LogP contribution in [-0.2, 0) is 6.18 Å². The van der Waals surface area contributed by atoms with Gasteiger partial charge in [0.15, 0.2) is 5.69 Å². The largest absolute Gasteiger partial charge is 0.434 e. The van der Waals surface area contributed by atoms with Gasteiger partial charge in [0.05, 0.1) is 18.4 Å². The maximum absolute atomic E-state index is 14.6. The molecule has 2 unspecified atom stereocenters. The molecule has 7 nitrogen and oxygen atoms in total. The topological polar surface area (TPSA) is 83.9 Å². The van der Waals surface area contributed by atoms with E-state index in [9.17, 15) is 22.4 Å². The van der Waals surface area contributed by atoms with E-state index in [2.05, 4.69) is 25.3 Å². The molecule has 3 heterocycles. The number of pyridine rings is 2. The van der Waals surface area contributed by atoms with Gasteiger partial charge in [0.2, 0.25) is 0 Å². The van der Waals surface area contributed by atoms with Gasteiger partial charge in [-0.05, 0) is 50.5 Å². The normalized spacial score (nSPS) is 13.2. The quantitative estimate of drug-likeness (QED) is 0.386. The van der Waals surface area contributed by atoms with Gasteiger partial charge in [0.25, 0.3) is 5.91 Å². The summed E-state index contributed by atoms with van der Waals surface area (Å²) in [4.78, 5) is 31.1. The Labute approximate surface area is 207 Å². The van der Waals surface area contributed by atoms with Crippen molar-refractivity contribution in [3.05, 3.63) is 65.8 Å². The fourth-order valence-electron chi connectivity index (χ4n) is 4.10. The molecule has 0 saturated heterocycles. The number of nitrogens with one attached hydrogen (secondary N) is 1. The van der Waals surface area contributed by atoms with Crippen LogP contribution >= 0.6 is 0 Å². The maximum atomic E-state index is 14.6. The molecule has 3 aromatic rings. The molecule has 0 fully saturated rings. The zero-order chi connectivity index (χ0) is 26.5. The molecule has 2 atom stereocenters. The van der Waals surface area contributed by atoms with Crippen LogP contribution in [0.3, 0.4) is 0 Å². The lowest BCUT2D eigenvalue weighted by Crippen LogP contribution is -2.49. The molecule has 3 rings (SSSR count). The Bertz CT molecular complexity index is 1190. The minimum Gasteiger partial charge on any atom is -0.364 e. The third kappa shape index (κ3) is 5.95. The van der Waals surface area contributed by atoms with Gasteiger partial charge in [0, 0.05) is 30.5 Å². The predicted octanol–water partition coefficient (Wildman–Crippen LogP) is 5.53. The molecule has 36 heavy (non-hydrogen) atoms. The van der Waals surface area contributed by atoms with Crippen LogP contribution in [0.2, 0.25) is 0 Å². The van der Waals surface area contributed by atoms with Crippen molar-refractivity contribution in [1.82, 2.24) is 24.8 Å². The Hall–Kier alpha value is -3.63. The van der Waals surface area contributed by atoms with Crippen molar-refractivity contribution in [3.8, 4) is 11.3 Å². The zero-order valence-corrected chi connectivity index (χ0v) is 20.5. The number of nitrogens with zero attached hydrogens (tertiary/aromatic N) is 5. The molecule has 0 aromatic carbocycles. The molecule has 0 aliphatic heterocycles. The van der Waals surface area contributed by atoms with Gasteiger partial charge in [-0.2, -0.15) is 13.2 Å². The molecule has 0 bridgehead atoms. The first-order chi connectivity index (χ1) is 17.1. The second-order valence-corrected chi connectivity index (χ2v) is 8.25. The Morgan fingerprint density at radius 2 is 1.81 bits per heavy atom. The van der Waals surface area contributed by atoms with E-state index >= 15 is 0 Å². The average molecular weight is 505 g/mol. The van der Waals surface area contributed by atoms with Crippen molar-refractivity contribution in [2.45, 2.75) is 58.8 Å². The standard InChI is InChI=1S/C25H28F4N6O/c1-5-18(34-21-14-31-20(13-32-21)25(27,28)29)19(6-2)35(7-3)24(36)23-16(11-15(4)12-33-23)22-17(26)9-8-10-30-22/h8-14,18-19H,5-7H2,1-4H3,(H,32,34). The summed E-state index contributed by atoms with van der Waals surface area (Å²) >= 11 is 0. The molecule has 0 spiro atoms. The van der Waals surface area contributed by atoms with E-state index in [1.54, 1.807) is 24.1 Å². The summed E-state index contributed by atoms with van der Waals surface area (Å²) in [5, 5.41) is 3.12. The van der Waals surface area contributed by atoms with E-state index in [4.69, 9.17) is 0 Å². The van der Waals surface area contributed by atoms with E-state index < -0.39 is 23.6 Å². The fraction of sp³-hybridized carbons (Fsp3) is 0.400. The van der Waals surface area contributed by atoms with Crippen LogP contribution in [0.1, 0.15) is 55.4 Å². The molecule has 1 N–H and O–H groups in total. The minimum absolute atomic E-state index is 0.0337. The highest BCUT2D eigenvalue weighted by Gasteiger charge is 2.34. The van der Waals surface area contributed by atoms with Crippen LogP contribution in [-0.4, -0.2) is 49.4 Å². The average Bonchev–Trinajstić information content (AvgIpc) is 2.85. The maximum Gasteiger partial charge on any atom is 0.434 e. The van der Waals surface area contributed by atoms with Crippen LogP contribution in [0, 0.1) is 12.7 Å². The number of halogens is 4. The van der Waals surface area contributed by atoms with Crippen LogP contribution in [0.5, 0.6) is 0 Å². The van der Waals surface area contributed by atoms with Gasteiger partial charge >= 0.3 is 6.18 Å². The summed E-state index contributed by atoms with van der Waals surface area (Å²) in [6, 6.07) is 3.71. The van der Waals surface area contributed by atoms with Crippen molar-refractivity contribution in [2.75, 3.05) is 11.9 Å². The number of alkyl halides is 3. The van der Waals surface area contributed by atoms with E-state index in [1.165, 1.54) is 18.3 Å². The van der Waals surface area contributed by atoms with Gasteiger partial charge in [-0.15, -0.1) is 0 Å². The fourth-order valence-corrected chi connectivity index (χ4v) is 4.10. The molecule has 11 heteroatoms. The molecule has 1 amide bonds. The number of amides is 1. The first kappa shape index (κ1) is 27.0. The molecule has 0 radical (unpaired) electrons. The summed E-state index contributed by atoms with van der Waals surface area (Å²) < 4.78 is 53.1. The van der Waals surface area contributed by atoms with E-state index in [0.717, 1.165) is 11.8 Å². The number of aryl methyl sites for hydroxylation is 1. The highest BCUT2D eigenvalue weighted by molar-refractivity contribution is 5.99. The van der Waals surface area contributed by atoms with Crippen molar-refractivity contribution in [2.24, 2.45) is 0 Å². The number of carbonyl (C=O) groups is 1. The number of likely N-dealkylation sites (N-methyl/N-ethyl adjacent to an activating group) is 1. The minimum atomic E-state index is -4.58. The number of hydrogen-bond acceptors (Lipinski definition) is 6. The predicted molar refractivity (Wildman–Crippen MR) is 128 cm³/mol. The van der Waals surface area contributed by atoms with Gasteiger partial charge < -0.3 is 10.2 Å². The van der Waals surface area contributed by atoms with Crippen LogP contribution in [0.4, 0.5) is 23.4 Å². The Morgan fingerprint density at radius 1 is 1.06 bits per heavy atom. The third-order valence-corrected chi connectivity index (χ3v) is 5.84. The van der Waals surface area contributed by atoms with Crippen molar-refractivity contribution < 1.29 is 22.4 Å². The Kier molecular flexibility index (Phi) is 8.54. The lowest BCUT2D eigenvalue weighted by molar-refractivity contribution is -0.141.